The summed E-state index contributed by atoms with van der Waals surface area (Å²) < 4.78 is 6.30. The molecule has 2 rings (SSSR count). The summed E-state index contributed by atoms with van der Waals surface area (Å²) in [6.07, 6.45) is 8.89. The summed E-state index contributed by atoms with van der Waals surface area (Å²) in [5.41, 5.74) is 3.51. The molecule has 2 aliphatic rings. The first-order chi connectivity index (χ1) is 9.26. The first-order valence-corrected chi connectivity index (χ1v) is 8.29. The van der Waals surface area contributed by atoms with Gasteiger partial charge in [-0.05, 0) is 47.7 Å². The van der Waals surface area contributed by atoms with E-state index in [4.69, 9.17) is 4.74 Å². The topological polar surface area (TPSA) is 9.23 Å². The van der Waals surface area contributed by atoms with Crippen molar-refractivity contribution in [3.8, 4) is 0 Å². The van der Waals surface area contributed by atoms with Crippen molar-refractivity contribution in [1.29, 1.82) is 0 Å². The Bertz CT molecular complexity index is 394. The van der Waals surface area contributed by atoms with Crippen LogP contribution in [0.3, 0.4) is 0 Å². The highest BCUT2D eigenvalue weighted by Gasteiger charge is 2.28. The molecule has 0 aromatic carbocycles. The van der Waals surface area contributed by atoms with E-state index in [1.54, 1.807) is 11.1 Å². The van der Waals surface area contributed by atoms with E-state index in [-0.39, 0.29) is 0 Å². The summed E-state index contributed by atoms with van der Waals surface area (Å²) in [6, 6.07) is 0. The molecule has 0 amide bonds. The molecule has 0 saturated heterocycles. The van der Waals surface area contributed by atoms with Crippen molar-refractivity contribution in [3.05, 3.63) is 23.3 Å². The van der Waals surface area contributed by atoms with Crippen molar-refractivity contribution in [2.24, 2.45) is 23.2 Å². The molecule has 2 aliphatic carbocycles. The van der Waals surface area contributed by atoms with Gasteiger partial charge in [-0.1, -0.05) is 53.7 Å². The van der Waals surface area contributed by atoms with Crippen LogP contribution < -0.4 is 0 Å². The maximum atomic E-state index is 6.30. The van der Waals surface area contributed by atoms with Gasteiger partial charge in [0.1, 0.15) is 0 Å². The molecule has 0 radical (unpaired) electrons. The zero-order valence-corrected chi connectivity index (χ0v) is 14.2. The zero-order valence-electron chi connectivity index (χ0n) is 14.2. The fourth-order valence-corrected chi connectivity index (χ4v) is 3.26. The second-order valence-electron chi connectivity index (χ2n) is 8.31. The lowest BCUT2D eigenvalue weighted by Gasteiger charge is -2.35. The predicted octanol–water partition coefficient (Wildman–Crippen LogP) is 5.38. The molecule has 20 heavy (non-hydrogen) atoms. The summed E-state index contributed by atoms with van der Waals surface area (Å²) in [7, 11) is 0. The molecule has 1 fully saturated rings. The summed E-state index contributed by atoms with van der Waals surface area (Å²) in [6.45, 7) is 14.8. The SMILES string of the molecule is CC(C)C(COC1C=C2CCC2=CC1C)CC(C)(C)C. The van der Waals surface area contributed by atoms with E-state index < -0.39 is 0 Å². The lowest BCUT2D eigenvalue weighted by Crippen LogP contribution is -2.30. The van der Waals surface area contributed by atoms with Gasteiger partial charge < -0.3 is 4.74 Å². The lowest BCUT2D eigenvalue weighted by molar-refractivity contribution is 0.0137. The van der Waals surface area contributed by atoms with Gasteiger partial charge in [0.15, 0.2) is 0 Å². The first kappa shape index (κ1) is 15.8. The van der Waals surface area contributed by atoms with Crippen molar-refractivity contribution >= 4 is 0 Å². The van der Waals surface area contributed by atoms with Crippen molar-refractivity contribution in [3.63, 3.8) is 0 Å². The number of fused-ring (bicyclic) bond motifs is 1. The third-order valence-electron chi connectivity index (χ3n) is 4.74. The van der Waals surface area contributed by atoms with Crippen molar-refractivity contribution in [2.75, 3.05) is 6.61 Å². The molecule has 0 bridgehead atoms. The minimum atomic E-state index is 0.301. The molecule has 1 saturated carbocycles. The van der Waals surface area contributed by atoms with Gasteiger partial charge in [0.2, 0.25) is 0 Å². The molecular weight excluding hydrogens is 244 g/mol. The second-order valence-corrected chi connectivity index (χ2v) is 8.31. The lowest BCUT2D eigenvalue weighted by atomic mass is 9.77. The quantitative estimate of drug-likeness (QED) is 0.655. The Hall–Kier alpha value is -0.560. The van der Waals surface area contributed by atoms with E-state index in [2.05, 4.69) is 53.7 Å². The molecule has 0 heterocycles. The molecule has 3 atom stereocenters. The predicted molar refractivity (Wildman–Crippen MR) is 86.7 cm³/mol. The van der Waals surface area contributed by atoms with Gasteiger partial charge in [-0.3, -0.25) is 0 Å². The number of rotatable bonds is 5. The van der Waals surface area contributed by atoms with Gasteiger partial charge in [0.05, 0.1) is 12.7 Å². The van der Waals surface area contributed by atoms with Crippen LogP contribution in [-0.4, -0.2) is 12.7 Å². The molecule has 114 valence electrons. The van der Waals surface area contributed by atoms with E-state index in [0.717, 1.165) is 6.61 Å². The summed E-state index contributed by atoms with van der Waals surface area (Å²) >= 11 is 0. The highest BCUT2D eigenvalue weighted by atomic mass is 16.5. The van der Waals surface area contributed by atoms with Crippen LogP contribution in [-0.2, 0) is 4.74 Å². The Morgan fingerprint density at radius 2 is 1.75 bits per heavy atom. The van der Waals surface area contributed by atoms with Crippen LogP contribution in [0.15, 0.2) is 23.3 Å². The third-order valence-corrected chi connectivity index (χ3v) is 4.74. The number of hydrogen-bond acceptors (Lipinski definition) is 1. The first-order valence-electron chi connectivity index (χ1n) is 8.29. The highest BCUT2D eigenvalue weighted by Crippen LogP contribution is 2.39. The normalized spacial score (nSPS) is 27.6. The zero-order chi connectivity index (χ0) is 14.9. The van der Waals surface area contributed by atoms with Crippen molar-refractivity contribution in [1.82, 2.24) is 0 Å². The van der Waals surface area contributed by atoms with Gasteiger partial charge in [-0.25, -0.2) is 0 Å². The van der Waals surface area contributed by atoms with E-state index in [1.807, 2.05) is 0 Å². The smallest absolute Gasteiger partial charge is 0.0821 e. The standard InChI is InChI=1S/C19H32O/c1-13(2)17(11-19(4,5)6)12-20-18-10-16-8-7-15(16)9-14(18)3/h9-10,13-14,17-18H,7-8,11-12H2,1-6H3. The fourth-order valence-electron chi connectivity index (χ4n) is 3.26. The molecular formula is C19H32O. The Kier molecular flexibility index (Phi) is 4.79. The monoisotopic (exact) mass is 276 g/mol. The van der Waals surface area contributed by atoms with Gasteiger partial charge in [-0.2, -0.15) is 0 Å². The van der Waals surface area contributed by atoms with Gasteiger partial charge in [-0.15, -0.1) is 0 Å². The van der Waals surface area contributed by atoms with E-state index in [0.29, 0.717) is 29.3 Å². The average Bonchev–Trinajstić information content (AvgIpc) is 2.29. The average molecular weight is 276 g/mol. The molecule has 0 aromatic rings. The molecule has 0 aliphatic heterocycles. The maximum absolute atomic E-state index is 6.30. The van der Waals surface area contributed by atoms with Crippen LogP contribution in [0.2, 0.25) is 0 Å². The van der Waals surface area contributed by atoms with Gasteiger partial charge in [0, 0.05) is 5.92 Å². The van der Waals surface area contributed by atoms with Gasteiger partial charge in [0.25, 0.3) is 0 Å². The summed E-state index contributed by atoms with van der Waals surface area (Å²) in [4.78, 5) is 0. The van der Waals surface area contributed by atoms with E-state index in [9.17, 15) is 0 Å². The third kappa shape index (κ3) is 3.97. The van der Waals surface area contributed by atoms with Crippen molar-refractivity contribution < 1.29 is 4.74 Å². The minimum absolute atomic E-state index is 0.301. The molecule has 1 heteroatoms. The fraction of sp³-hybridized carbons (Fsp3) is 0.789. The molecule has 0 aromatic heterocycles. The van der Waals surface area contributed by atoms with Crippen LogP contribution in [0.25, 0.3) is 0 Å². The van der Waals surface area contributed by atoms with E-state index >= 15 is 0 Å². The maximum Gasteiger partial charge on any atom is 0.0821 e. The molecule has 1 nitrogen and oxygen atoms in total. The van der Waals surface area contributed by atoms with Crippen LogP contribution >= 0.6 is 0 Å². The number of allylic oxidation sites excluding steroid dienone is 2. The Morgan fingerprint density at radius 3 is 2.25 bits per heavy atom. The second kappa shape index (κ2) is 6.05. The van der Waals surface area contributed by atoms with Gasteiger partial charge >= 0.3 is 0 Å². The highest BCUT2D eigenvalue weighted by molar-refractivity contribution is 5.43. The number of hydrogen-bond donors (Lipinski definition) is 0. The van der Waals surface area contributed by atoms with Crippen LogP contribution in [0.5, 0.6) is 0 Å². The molecule has 3 unspecified atom stereocenters. The van der Waals surface area contributed by atoms with Crippen LogP contribution in [0.1, 0.15) is 60.8 Å². The number of ether oxygens (including phenoxy) is 1. The van der Waals surface area contributed by atoms with E-state index in [1.165, 1.54) is 19.3 Å². The van der Waals surface area contributed by atoms with Crippen LogP contribution in [0, 0.1) is 23.2 Å². The Labute approximate surface area is 125 Å². The summed E-state index contributed by atoms with van der Waals surface area (Å²) in [5.74, 6) is 1.89. The molecule has 0 spiro atoms. The van der Waals surface area contributed by atoms with Crippen molar-refractivity contribution in [2.45, 2.75) is 66.9 Å². The molecule has 0 N–H and O–H groups in total. The largest absolute Gasteiger partial charge is 0.373 e. The minimum Gasteiger partial charge on any atom is -0.373 e. The Morgan fingerprint density at radius 1 is 1.15 bits per heavy atom. The Balaban J connectivity index is 1.90. The van der Waals surface area contributed by atoms with Crippen LogP contribution in [0.4, 0.5) is 0 Å². The summed E-state index contributed by atoms with van der Waals surface area (Å²) in [5, 5.41) is 0.